The Hall–Kier alpha value is -1.35. The molecule has 1 saturated heterocycles. The quantitative estimate of drug-likeness (QED) is 0.912. The molecule has 1 aliphatic heterocycles. The van der Waals surface area contributed by atoms with E-state index < -0.39 is 5.97 Å². The highest BCUT2D eigenvalue weighted by molar-refractivity contribution is 5.73. The number of likely N-dealkylation sites (tertiary alicyclic amines) is 1. The van der Waals surface area contributed by atoms with Crippen molar-refractivity contribution in [2.45, 2.75) is 58.0 Å². The van der Waals surface area contributed by atoms with E-state index in [0.717, 1.165) is 38.8 Å². The first-order valence-electron chi connectivity index (χ1n) is 7.63. The summed E-state index contributed by atoms with van der Waals surface area (Å²) in [5.41, 5.74) is 2.54. The molecule has 1 heterocycles. The maximum absolute atomic E-state index is 11.4. The molecule has 1 fully saturated rings. The van der Waals surface area contributed by atoms with Gasteiger partial charge < -0.3 is 5.11 Å². The third-order valence-electron chi connectivity index (χ3n) is 4.18. The minimum absolute atomic E-state index is 0.317. The summed E-state index contributed by atoms with van der Waals surface area (Å²) in [7, 11) is 0. The number of carboxylic acids is 1. The average Bonchev–Trinajstić information content (AvgIpc) is 2.65. The Kier molecular flexibility index (Phi) is 5.18. The van der Waals surface area contributed by atoms with Gasteiger partial charge in [-0.15, -0.1) is 0 Å². The molecule has 0 aliphatic carbocycles. The van der Waals surface area contributed by atoms with Crippen molar-refractivity contribution in [3.63, 3.8) is 0 Å². The van der Waals surface area contributed by atoms with Gasteiger partial charge in [-0.1, -0.05) is 51.0 Å². The third-order valence-corrected chi connectivity index (χ3v) is 4.18. The molecule has 110 valence electrons. The largest absolute Gasteiger partial charge is 0.480 e. The molecule has 0 amide bonds. The molecule has 0 spiro atoms. The lowest BCUT2D eigenvalue weighted by atomic mass is 10.0. The molecule has 20 heavy (non-hydrogen) atoms. The summed E-state index contributed by atoms with van der Waals surface area (Å²) in [6, 6.07) is 8.28. The second-order valence-corrected chi connectivity index (χ2v) is 6.07. The van der Waals surface area contributed by atoms with E-state index in [4.69, 9.17) is 0 Å². The standard InChI is InChI=1S/C17H25NO2/c1-13(2)15-9-7-14(8-10-15)12-18-11-5-3-4-6-16(18)17(19)20/h7-10,13,16H,3-6,11-12H2,1-2H3,(H,19,20). The lowest BCUT2D eigenvalue weighted by molar-refractivity contribution is -0.143. The third kappa shape index (κ3) is 3.83. The number of aliphatic carboxylic acids is 1. The smallest absolute Gasteiger partial charge is 0.320 e. The molecule has 1 atom stereocenters. The van der Waals surface area contributed by atoms with Gasteiger partial charge in [-0.05, 0) is 36.4 Å². The van der Waals surface area contributed by atoms with Crippen molar-refractivity contribution in [2.75, 3.05) is 6.54 Å². The van der Waals surface area contributed by atoms with Gasteiger partial charge >= 0.3 is 5.97 Å². The van der Waals surface area contributed by atoms with Crippen LogP contribution in [-0.2, 0) is 11.3 Å². The van der Waals surface area contributed by atoms with Crippen LogP contribution in [-0.4, -0.2) is 28.6 Å². The summed E-state index contributed by atoms with van der Waals surface area (Å²) in [5.74, 6) is -0.139. The van der Waals surface area contributed by atoms with Gasteiger partial charge in [-0.25, -0.2) is 0 Å². The molecular weight excluding hydrogens is 250 g/mol. The lowest BCUT2D eigenvalue weighted by Crippen LogP contribution is -2.40. The van der Waals surface area contributed by atoms with Gasteiger partial charge in [0, 0.05) is 6.54 Å². The van der Waals surface area contributed by atoms with E-state index in [1.165, 1.54) is 11.1 Å². The maximum atomic E-state index is 11.4. The molecule has 3 nitrogen and oxygen atoms in total. The number of carbonyl (C=O) groups is 1. The number of benzene rings is 1. The van der Waals surface area contributed by atoms with E-state index in [-0.39, 0.29) is 6.04 Å². The summed E-state index contributed by atoms with van der Waals surface area (Å²) in [6.45, 7) is 6.01. The van der Waals surface area contributed by atoms with Gasteiger partial charge in [-0.2, -0.15) is 0 Å². The van der Waals surface area contributed by atoms with E-state index in [9.17, 15) is 9.90 Å². The van der Waals surface area contributed by atoms with E-state index in [1.54, 1.807) is 0 Å². The molecule has 2 rings (SSSR count). The number of hydrogen-bond donors (Lipinski definition) is 1. The summed E-state index contributed by atoms with van der Waals surface area (Å²) >= 11 is 0. The first-order chi connectivity index (χ1) is 9.58. The average molecular weight is 275 g/mol. The second-order valence-electron chi connectivity index (χ2n) is 6.07. The van der Waals surface area contributed by atoms with Crippen LogP contribution in [0.4, 0.5) is 0 Å². The SMILES string of the molecule is CC(C)c1ccc(CN2CCCCCC2C(=O)O)cc1. The molecule has 0 radical (unpaired) electrons. The van der Waals surface area contributed by atoms with Gasteiger partial charge in [0.15, 0.2) is 0 Å². The Morgan fingerprint density at radius 3 is 2.55 bits per heavy atom. The Morgan fingerprint density at radius 1 is 1.25 bits per heavy atom. The fourth-order valence-corrected chi connectivity index (χ4v) is 2.88. The first-order valence-corrected chi connectivity index (χ1v) is 7.63. The molecule has 1 aromatic rings. The fraction of sp³-hybridized carbons (Fsp3) is 0.588. The molecule has 1 aliphatic rings. The minimum Gasteiger partial charge on any atom is -0.480 e. The van der Waals surface area contributed by atoms with Crippen molar-refractivity contribution in [3.8, 4) is 0 Å². The van der Waals surface area contributed by atoms with E-state index in [2.05, 4.69) is 43.0 Å². The second kappa shape index (κ2) is 6.89. The van der Waals surface area contributed by atoms with Gasteiger partial charge in [0.25, 0.3) is 0 Å². The monoisotopic (exact) mass is 275 g/mol. The number of hydrogen-bond acceptors (Lipinski definition) is 2. The van der Waals surface area contributed by atoms with Gasteiger partial charge in [0.1, 0.15) is 6.04 Å². The Morgan fingerprint density at radius 2 is 1.95 bits per heavy atom. The van der Waals surface area contributed by atoms with Crippen LogP contribution in [0.3, 0.4) is 0 Å². The molecule has 0 bridgehead atoms. The number of carboxylic acid groups (broad SMARTS) is 1. The fourth-order valence-electron chi connectivity index (χ4n) is 2.88. The zero-order chi connectivity index (χ0) is 14.5. The Balaban J connectivity index is 2.07. The predicted molar refractivity (Wildman–Crippen MR) is 80.8 cm³/mol. The van der Waals surface area contributed by atoms with Crippen molar-refractivity contribution in [2.24, 2.45) is 0 Å². The van der Waals surface area contributed by atoms with Crippen LogP contribution in [0.1, 0.15) is 56.6 Å². The van der Waals surface area contributed by atoms with Crippen LogP contribution in [0.2, 0.25) is 0 Å². The summed E-state index contributed by atoms with van der Waals surface area (Å²) in [5, 5.41) is 9.39. The van der Waals surface area contributed by atoms with Crippen molar-refractivity contribution in [1.29, 1.82) is 0 Å². The predicted octanol–water partition coefficient (Wildman–Crippen LogP) is 3.64. The molecule has 0 saturated carbocycles. The van der Waals surface area contributed by atoms with E-state index >= 15 is 0 Å². The molecule has 1 unspecified atom stereocenters. The Labute approximate surface area is 121 Å². The van der Waals surface area contributed by atoms with Gasteiger partial charge in [0.05, 0.1) is 0 Å². The highest BCUT2D eigenvalue weighted by Gasteiger charge is 2.26. The topological polar surface area (TPSA) is 40.5 Å². The molecule has 1 N–H and O–H groups in total. The van der Waals surface area contributed by atoms with Crippen molar-refractivity contribution >= 4 is 5.97 Å². The highest BCUT2D eigenvalue weighted by atomic mass is 16.4. The highest BCUT2D eigenvalue weighted by Crippen LogP contribution is 2.21. The van der Waals surface area contributed by atoms with Crippen molar-refractivity contribution in [3.05, 3.63) is 35.4 Å². The molecule has 0 aromatic heterocycles. The normalized spacial score (nSPS) is 20.9. The minimum atomic E-state index is -0.675. The van der Waals surface area contributed by atoms with Gasteiger partial charge in [-0.3, -0.25) is 9.69 Å². The van der Waals surface area contributed by atoms with Crippen LogP contribution < -0.4 is 0 Å². The van der Waals surface area contributed by atoms with Crippen molar-refractivity contribution in [1.82, 2.24) is 4.90 Å². The van der Waals surface area contributed by atoms with Crippen molar-refractivity contribution < 1.29 is 9.90 Å². The number of nitrogens with zero attached hydrogens (tertiary/aromatic N) is 1. The molecular formula is C17H25NO2. The zero-order valence-corrected chi connectivity index (χ0v) is 12.5. The summed E-state index contributed by atoms with van der Waals surface area (Å²) < 4.78 is 0. The van der Waals surface area contributed by atoms with Crippen LogP contribution >= 0.6 is 0 Å². The zero-order valence-electron chi connectivity index (χ0n) is 12.5. The maximum Gasteiger partial charge on any atom is 0.320 e. The lowest BCUT2D eigenvalue weighted by Gasteiger charge is -2.26. The molecule has 1 aromatic carbocycles. The summed E-state index contributed by atoms with van der Waals surface area (Å²) in [6.07, 6.45) is 4.06. The van der Waals surface area contributed by atoms with E-state index in [0.29, 0.717) is 5.92 Å². The first kappa shape index (κ1) is 15.0. The van der Waals surface area contributed by atoms with Gasteiger partial charge in [0.2, 0.25) is 0 Å². The van der Waals surface area contributed by atoms with Crippen LogP contribution in [0.25, 0.3) is 0 Å². The van der Waals surface area contributed by atoms with E-state index in [1.807, 2.05) is 0 Å². The van der Waals surface area contributed by atoms with Crippen LogP contribution in [0.15, 0.2) is 24.3 Å². The molecule has 3 heteroatoms. The summed E-state index contributed by atoms with van der Waals surface area (Å²) in [4.78, 5) is 13.5. The van der Waals surface area contributed by atoms with Crippen LogP contribution in [0.5, 0.6) is 0 Å². The number of rotatable bonds is 4. The van der Waals surface area contributed by atoms with Crippen LogP contribution in [0, 0.1) is 0 Å². The Bertz CT molecular complexity index is 439.